The molecule has 0 aliphatic rings. The molecule has 4 heterocycles. The van der Waals surface area contributed by atoms with Gasteiger partial charge in [-0.25, -0.2) is 19.3 Å². The van der Waals surface area contributed by atoms with Crippen LogP contribution in [0.4, 0.5) is 0 Å². The van der Waals surface area contributed by atoms with E-state index in [1.807, 2.05) is 48.5 Å². The third-order valence-electron chi connectivity index (χ3n) is 5.53. The summed E-state index contributed by atoms with van der Waals surface area (Å²) >= 11 is 12.2. The predicted molar refractivity (Wildman–Crippen MR) is 149 cm³/mol. The van der Waals surface area contributed by atoms with E-state index in [0.29, 0.717) is 33.1 Å². The molecular weight excluding hydrogens is 523 g/mol. The summed E-state index contributed by atoms with van der Waals surface area (Å²) in [6.07, 6.45) is 3.27. The zero-order valence-corrected chi connectivity index (χ0v) is 21.3. The van der Waals surface area contributed by atoms with Crippen LogP contribution in [0.1, 0.15) is 0 Å². The third-order valence-corrected chi connectivity index (χ3v) is 6.18. The van der Waals surface area contributed by atoms with Crippen LogP contribution in [-0.4, -0.2) is 29.5 Å². The predicted octanol–water partition coefficient (Wildman–Crippen LogP) is 5.76. The maximum absolute atomic E-state index is 12.0. The molecule has 2 N–H and O–H groups in total. The molecule has 0 spiro atoms. The number of hydrogen-bond donors (Lipinski definition) is 2. The van der Waals surface area contributed by atoms with Gasteiger partial charge in [0.15, 0.2) is 11.6 Å². The Labute approximate surface area is 226 Å². The van der Waals surface area contributed by atoms with Crippen LogP contribution < -0.4 is 11.1 Å². The molecule has 0 fully saturated rings. The van der Waals surface area contributed by atoms with Crippen molar-refractivity contribution in [2.24, 2.45) is 0 Å². The lowest BCUT2D eigenvalue weighted by Gasteiger charge is -2.02. The lowest BCUT2D eigenvalue weighted by atomic mass is 10.1. The van der Waals surface area contributed by atoms with Gasteiger partial charge < -0.3 is 0 Å². The Hall–Kier alpha value is -4.66. The number of aromatic amines is 2. The van der Waals surface area contributed by atoms with Gasteiger partial charge in [-0.1, -0.05) is 71.7 Å². The number of aromatic nitrogens is 6. The lowest BCUT2D eigenvalue weighted by molar-refractivity contribution is 0.822. The first-order chi connectivity index (χ1) is 18.5. The summed E-state index contributed by atoms with van der Waals surface area (Å²) in [5.41, 5.74) is 2.57. The van der Waals surface area contributed by atoms with Crippen molar-refractivity contribution in [1.29, 1.82) is 0 Å². The van der Waals surface area contributed by atoms with Crippen molar-refractivity contribution in [2.45, 2.75) is 0 Å². The number of benzene rings is 2. The molecule has 0 bridgehead atoms. The van der Waals surface area contributed by atoms with Gasteiger partial charge in [-0.2, -0.15) is 0 Å². The molecule has 2 aromatic carbocycles. The van der Waals surface area contributed by atoms with Crippen LogP contribution in [0.5, 0.6) is 0 Å². The summed E-state index contributed by atoms with van der Waals surface area (Å²) < 4.78 is 2.78. The first kappa shape index (κ1) is 25.0. The number of H-pyrrole nitrogens is 2. The summed E-state index contributed by atoms with van der Waals surface area (Å²) in [5.74, 6) is 1.09. The van der Waals surface area contributed by atoms with Gasteiger partial charge in [0.2, 0.25) is 0 Å². The van der Waals surface area contributed by atoms with Gasteiger partial charge in [0.25, 0.3) is 11.1 Å². The summed E-state index contributed by atoms with van der Waals surface area (Å²) in [7, 11) is 0. The van der Waals surface area contributed by atoms with Crippen LogP contribution in [0.15, 0.2) is 119 Å². The molecule has 8 nitrogen and oxygen atoms in total. The summed E-state index contributed by atoms with van der Waals surface area (Å²) in [6.45, 7) is 0. The van der Waals surface area contributed by atoms with Gasteiger partial charge in [0, 0.05) is 45.7 Å². The SMILES string of the molecule is O=c1cc(-c2ccccc2Cl)[nH]n1-c1ccccn1.O=c1cc(-c2ccccc2Cl)[nH]n1-c1ccccn1. The van der Waals surface area contributed by atoms with E-state index < -0.39 is 0 Å². The minimum atomic E-state index is -0.173. The van der Waals surface area contributed by atoms with Crippen molar-refractivity contribution in [1.82, 2.24) is 29.5 Å². The number of pyridine rings is 2. The molecule has 0 aliphatic carbocycles. The van der Waals surface area contributed by atoms with Gasteiger partial charge >= 0.3 is 0 Å². The normalized spacial score (nSPS) is 10.6. The van der Waals surface area contributed by atoms with Gasteiger partial charge in [-0.3, -0.25) is 19.8 Å². The minimum absolute atomic E-state index is 0.173. The second kappa shape index (κ2) is 11.2. The molecular formula is C28H20Cl2N6O2. The fraction of sp³-hybridized carbons (Fsp3) is 0. The summed E-state index contributed by atoms with van der Waals surface area (Å²) in [5, 5.41) is 7.21. The highest BCUT2D eigenvalue weighted by Crippen LogP contribution is 2.26. The number of nitrogens with zero attached hydrogens (tertiary/aromatic N) is 4. The van der Waals surface area contributed by atoms with E-state index in [-0.39, 0.29) is 11.1 Å². The topological polar surface area (TPSA) is 101 Å². The maximum atomic E-state index is 12.0. The lowest BCUT2D eigenvalue weighted by Crippen LogP contribution is -2.14. The van der Waals surface area contributed by atoms with Gasteiger partial charge in [0.1, 0.15) is 0 Å². The van der Waals surface area contributed by atoms with Crippen LogP contribution >= 0.6 is 23.2 Å². The van der Waals surface area contributed by atoms with Crippen LogP contribution in [0.3, 0.4) is 0 Å². The molecule has 0 atom stereocenters. The number of rotatable bonds is 4. The Morgan fingerprint density at radius 3 is 1.32 bits per heavy atom. The highest BCUT2D eigenvalue weighted by atomic mass is 35.5. The summed E-state index contributed by atoms with van der Waals surface area (Å²) in [6, 6.07) is 28.5. The summed E-state index contributed by atoms with van der Waals surface area (Å²) in [4.78, 5) is 32.2. The first-order valence-electron chi connectivity index (χ1n) is 11.5. The maximum Gasteiger partial charge on any atom is 0.273 e. The van der Waals surface area contributed by atoms with Crippen molar-refractivity contribution in [3.63, 3.8) is 0 Å². The molecule has 0 aliphatic heterocycles. The molecule has 10 heteroatoms. The van der Waals surface area contributed by atoms with Gasteiger partial charge in [-0.05, 0) is 36.4 Å². The Balaban J connectivity index is 0.000000155. The van der Waals surface area contributed by atoms with Crippen molar-refractivity contribution >= 4 is 23.2 Å². The van der Waals surface area contributed by atoms with E-state index in [2.05, 4.69) is 20.2 Å². The highest BCUT2D eigenvalue weighted by Gasteiger charge is 2.11. The number of halogens is 2. The van der Waals surface area contributed by atoms with E-state index in [0.717, 1.165) is 11.1 Å². The average molecular weight is 543 g/mol. The van der Waals surface area contributed by atoms with Crippen molar-refractivity contribution in [2.75, 3.05) is 0 Å². The minimum Gasteiger partial charge on any atom is -0.289 e. The molecule has 38 heavy (non-hydrogen) atoms. The van der Waals surface area contributed by atoms with Crippen LogP contribution in [0.2, 0.25) is 10.0 Å². The van der Waals surface area contributed by atoms with Crippen molar-refractivity contribution in [3.8, 4) is 34.2 Å². The zero-order chi connectivity index (χ0) is 26.5. The molecule has 0 amide bonds. The molecule has 0 unspecified atom stereocenters. The second-order valence-electron chi connectivity index (χ2n) is 8.02. The first-order valence-corrected chi connectivity index (χ1v) is 12.2. The second-order valence-corrected chi connectivity index (χ2v) is 8.84. The third kappa shape index (κ3) is 5.36. The Morgan fingerprint density at radius 1 is 0.553 bits per heavy atom. The van der Waals surface area contributed by atoms with Crippen LogP contribution in [0.25, 0.3) is 34.2 Å². The molecule has 0 saturated carbocycles. The Kier molecular flexibility index (Phi) is 7.35. The van der Waals surface area contributed by atoms with Crippen LogP contribution in [-0.2, 0) is 0 Å². The van der Waals surface area contributed by atoms with E-state index in [4.69, 9.17) is 23.2 Å². The molecule has 6 rings (SSSR count). The van der Waals surface area contributed by atoms with E-state index in [9.17, 15) is 9.59 Å². The molecule has 0 saturated heterocycles. The smallest absolute Gasteiger partial charge is 0.273 e. The quantitative estimate of drug-likeness (QED) is 0.295. The fourth-order valence-electron chi connectivity index (χ4n) is 3.74. The Bertz CT molecular complexity index is 1660. The van der Waals surface area contributed by atoms with Crippen molar-refractivity contribution in [3.05, 3.63) is 140 Å². The number of nitrogens with one attached hydrogen (secondary N) is 2. The molecule has 4 aromatic heterocycles. The monoisotopic (exact) mass is 542 g/mol. The molecule has 6 aromatic rings. The van der Waals surface area contributed by atoms with Crippen LogP contribution in [0, 0.1) is 0 Å². The number of hydrogen-bond acceptors (Lipinski definition) is 4. The van der Waals surface area contributed by atoms with Gasteiger partial charge in [0.05, 0.1) is 11.4 Å². The van der Waals surface area contributed by atoms with E-state index >= 15 is 0 Å². The average Bonchev–Trinajstić information content (AvgIpc) is 3.53. The van der Waals surface area contributed by atoms with E-state index in [1.165, 1.54) is 21.5 Å². The highest BCUT2D eigenvalue weighted by molar-refractivity contribution is 6.33. The Morgan fingerprint density at radius 2 is 0.947 bits per heavy atom. The largest absolute Gasteiger partial charge is 0.289 e. The molecule has 0 radical (unpaired) electrons. The fourth-order valence-corrected chi connectivity index (χ4v) is 4.21. The zero-order valence-electron chi connectivity index (χ0n) is 19.8. The van der Waals surface area contributed by atoms with Crippen molar-refractivity contribution < 1.29 is 0 Å². The standard InChI is InChI=1S/2C14H10ClN3O/c2*15-11-6-2-1-5-10(11)12-9-14(19)18(17-12)13-7-3-4-8-16-13/h2*1-9,17H. The van der Waals surface area contributed by atoms with Gasteiger partial charge in [-0.15, -0.1) is 0 Å². The molecule has 188 valence electrons. The van der Waals surface area contributed by atoms with E-state index in [1.54, 1.807) is 48.8 Å².